The van der Waals surface area contributed by atoms with E-state index < -0.39 is 5.97 Å². The lowest BCUT2D eigenvalue weighted by Gasteiger charge is -2.15. The summed E-state index contributed by atoms with van der Waals surface area (Å²) in [4.78, 5) is 31.1. The van der Waals surface area contributed by atoms with E-state index in [0.717, 1.165) is 11.3 Å². The Hall–Kier alpha value is -3.41. The number of ether oxygens (including phenoxy) is 1. The number of carbonyl (C=O) groups is 2. The molecule has 6 heteroatoms. The summed E-state index contributed by atoms with van der Waals surface area (Å²) in [6.45, 7) is 0.396. The van der Waals surface area contributed by atoms with Crippen molar-refractivity contribution in [3.63, 3.8) is 0 Å². The normalized spacial score (nSPS) is 10.5. The number of hydrogen-bond acceptors (Lipinski definition) is 5. The Morgan fingerprint density at radius 3 is 2.48 bits per heavy atom. The number of methoxy groups -OCH3 is 1. The van der Waals surface area contributed by atoms with Crippen LogP contribution >= 0.6 is 0 Å². The Kier molecular flexibility index (Phi) is 5.35. The van der Waals surface area contributed by atoms with Crippen LogP contribution in [0.25, 0.3) is 10.9 Å². The first-order valence-corrected chi connectivity index (χ1v) is 8.52. The van der Waals surface area contributed by atoms with Crippen LogP contribution in [-0.2, 0) is 11.3 Å². The van der Waals surface area contributed by atoms with E-state index in [2.05, 4.69) is 10.3 Å². The van der Waals surface area contributed by atoms with Crippen molar-refractivity contribution in [2.45, 2.75) is 6.54 Å². The predicted molar refractivity (Wildman–Crippen MR) is 105 cm³/mol. The second-order valence-electron chi connectivity index (χ2n) is 6.31. The van der Waals surface area contributed by atoms with E-state index in [9.17, 15) is 9.59 Å². The van der Waals surface area contributed by atoms with E-state index in [1.807, 2.05) is 67.5 Å². The van der Waals surface area contributed by atoms with Crippen LogP contribution in [-0.4, -0.2) is 38.1 Å². The van der Waals surface area contributed by atoms with Gasteiger partial charge in [0.05, 0.1) is 18.2 Å². The maximum atomic E-state index is 12.8. The van der Waals surface area contributed by atoms with Crippen molar-refractivity contribution in [1.82, 2.24) is 10.3 Å². The maximum absolute atomic E-state index is 12.8. The molecule has 1 N–H and O–H groups in total. The molecule has 0 bridgehead atoms. The van der Waals surface area contributed by atoms with Gasteiger partial charge in [0.15, 0.2) is 0 Å². The minimum atomic E-state index is -0.579. The van der Waals surface area contributed by atoms with Crippen LogP contribution in [0.4, 0.5) is 5.69 Å². The van der Waals surface area contributed by atoms with E-state index in [4.69, 9.17) is 4.74 Å². The summed E-state index contributed by atoms with van der Waals surface area (Å²) < 4.78 is 4.78. The van der Waals surface area contributed by atoms with Crippen LogP contribution in [0.5, 0.6) is 0 Å². The Balaban J connectivity index is 2.01. The Labute approximate surface area is 157 Å². The lowest BCUT2D eigenvalue weighted by Crippen LogP contribution is -2.24. The largest absolute Gasteiger partial charge is 0.464 e. The highest BCUT2D eigenvalue weighted by Crippen LogP contribution is 2.24. The zero-order chi connectivity index (χ0) is 19.4. The van der Waals surface area contributed by atoms with Gasteiger partial charge in [-0.3, -0.25) is 4.79 Å². The van der Waals surface area contributed by atoms with Gasteiger partial charge in [0.2, 0.25) is 0 Å². The van der Waals surface area contributed by atoms with E-state index in [-0.39, 0.29) is 11.6 Å². The standard InChI is InChI=1S/C21H21N3O3/c1-24(2)15-9-10-16-17(12-19(21(26)27-3)23-18(16)11-15)20(25)22-13-14-7-5-4-6-8-14/h4-12H,13H2,1-3H3,(H,22,25). The number of pyridine rings is 1. The first-order valence-electron chi connectivity index (χ1n) is 8.52. The third kappa shape index (κ3) is 4.06. The lowest BCUT2D eigenvalue weighted by atomic mass is 10.1. The number of hydrogen-bond donors (Lipinski definition) is 1. The molecule has 6 nitrogen and oxygen atoms in total. The molecule has 0 aliphatic rings. The van der Waals surface area contributed by atoms with Crippen molar-refractivity contribution < 1.29 is 14.3 Å². The third-order valence-corrected chi connectivity index (χ3v) is 4.24. The molecule has 0 saturated carbocycles. The minimum Gasteiger partial charge on any atom is -0.464 e. The fourth-order valence-corrected chi connectivity index (χ4v) is 2.77. The molecule has 138 valence electrons. The Bertz CT molecular complexity index is 985. The molecule has 0 aliphatic heterocycles. The summed E-state index contributed by atoms with van der Waals surface area (Å²) in [7, 11) is 5.12. The quantitative estimate of drug-likeness (QED) is 0.706. The number of benzene rings is 2. The number of carbonyl (C=O) groups excluding carboxylic acids is 2. The van der Waals surface area contributed by atoms with Gasteiger partial charge >= 0.3 is 5.97 Å². The number of nitrogens with one attached hydrogen (secondary N) is 1. The van der Waals surface area contributed by atoms with E-state index in [0.29, 0.717) is 23.0 Å². The molecule has 1 heterocycles. The molecule has 0 fully saturated rings. The molecule has 0 atom stereocenters. The SMILES string of the molecule is COC(=O)c1cc(C(=O)NCc2ccccc2)c2ccc(N(C)C)cc2n1. The monoisotopic (exact) mass is 363 g/mol. The molecule has 0 unspecified atom stereocenters. The highest BCUT2D eigenvalue weighted by Gasteiger charge is 2.17. The van der Waals surface area contributed by atoms with Gasteiger partial charge in [-0.2, -0.15) is 0 Å². The summed E-state index contributed by atoms with van der Waals surface area (Å²) in [5.74, 6) is -0.849. The molecular weight excluding hydrogens is 342 g/mol. The first-order chi connectivity index (χ1) is 13.0. The molecule has 0 aliphatic carbocycles. The Morgan fingerprint density at radius 2 is 1.81 bits per heavy atom. The minimum absolute atomic E-state index is 0.103. The lowest BCUT2D eigenvalue weighted by molar-refractivity contribution is 0.0594. The van der Waals surface area contributed by atoms with Crippen molar-refractivity contribution >= 4 is 28.5 Å². The zero-order valence-electron chi connectivity index (χ0n) is 15.5. The second kappa shape index (κ2) is 7.86. The molecule has 27 heavy (non-hydrogen) atoms. The molecule has 2 aromatic carbocycles. The average Bonchev–Trinajstić information content (AvgIpc) is 2.70. The van der Waals surface area contributed by atoms with Crippen LogP contribution in [0.15, 0.2) is 54.6 Å². The third-order valence-electron chi connectivity index (χ3n) is 4.24. The van der Waals surface area contributed by atoms with Crippen molar-refractivity contribution in [3.8, 4) is 0 Å². The van der Waals surface area contributed by atoms with Gasteiger partial charge in [-0.05, 0) is 29.8 Å². The van der Waals surface area contributed by atoms with Gasteiger partial charge in [0, 0.05) is 31.7 Å². The zero-order valence-corrected chi connectivity index (χ0v) is 15.5. The summed E-state index contributed by atoms with van der Waals surface area (Å²) in [5.41, 5.74) is 2.97. The van der Waals surface area contributed by atoms with E-state index >= 15 is 0 Å². The smallest absolute Gasteiger partial charge is 0.356 e. The van der Waals surface area contributed by atoms with E-state index in [1.54, 1.807) is 0 Å². The molecule has 3 rings (SSSR count). The molecule has 1 aromatic heterocycles. The topological polar surface area (TPSA) is 71.5 Å². The van der Waals surface area contributed by atoms with Gasteiger partial charge < -0.3 is 15.0 Å². The van der Waals surface area contributed by atoms with Gasteiger partial charge in [-0.25, -0.2) is 9.78 Å². The summed E-state index contributed by atoms with van der Waals surface area (Å²) in [6, 6.07) is 16.7. The van der Waals surface area contributed by atoms with Crippen LogP contribution in [0.3, 0.4) is 0 Å². The fourth-order valence-electron chi connectivity index (χ4n) is 2.77. The van der Waals surface area contributed by atoms with Crippen molar-refractivity contribution in [2.75, 3.05) is 26.1 Å². The number of esters is 1. The molecule has 0 saturated heterocycles. The highest BCUT2D eigenvalue weighted by atomic mass is 16.5. The number of rotatable bonds is 5. The van der Waals surface area contributed by atoms with Gasteiger partial charge in [-0.15, -0.1) is 0 Å². The molecular formula is C21H21N3O3. The first kappa shape index (κ1) is 18.4. The summed E-state index contributed by atoms with van der Waals surface area (Å²) in [6.07, 6.45) is 0. The average molecular weight is 363 g/mol. The van der Waals surface area contributed by atoms with Crippen LogP contribution in [0.1, 0.15) is 26.4 Å². The van der Waals surface area contributed by atoms with Gasteiger partial charge in [0.25, 0.3) is 5.91 Å². The number of fused-ring (bicyclic) bond motifs is 1. The summed E-state index contributed by atoms with van der Waals surface area (Å²) >= 11 is 0. The number of amides is 1. The van der Waals surface area contributed by atoms with Crippen molar-refractivity contribution in [1.29, 1.82) is 0 Å². The molecule has 1 amide bonds. The van der Waals surface area contributed by atoms with Gasteiger partial charge in [0.1, 0.15) is 5.69 Å². The van der Waals surface area contributed by atoms with Crippen LogP contribution in [0.2, 0.25) is 0 Å². The molecule has 0 radical (unpaired) electrons. The molecule has 0 spiro atoms. The van der Waals surface area contributed by atoms with Crippen LogP contribution < -0.4 is 10.2 Å². The number of aromatic nitrogens is 1. The maximum Gasteiger partial charge on any atom is 0.356 e. The molecule has 3 aromatic rings. The number of nitrogens with zero attached hydrogens (tertiary/aromatic N) is 2. The highest BCUT2D eigenvalue weighted by molar-refractivity contribution is 6.08. The number of anilines is 1. The van der Waals surface area contributed by atoms with Crippen molar-refractivity contribution in [3.05, 3.63) is 71.4 Å². The Morgan fingerprint density at radius 1 is 1.07 bits per heavy atom. The fraction of sp³-hybridized carbons (Fsp3) is 0.190. The van der Waals surface area contributed by atoms with Gasteiger partial charge in [-0.1, -0.05) is 30.3 Å². The van der Waals surface area contributed by atoms with Crippen LogP contribution in [0, 0.1) is 0 Å². The summed E-state index contributed by atoms with van der Waals surface area (Å²) in [5, 5.41) is 3.58. The van der Waals surface area contributed by atoms with Crippen molar-refractivity contribution in [2.24, 2.45) is 0 Å². The van der Waals surface area contributed by atoms with E-state index in [1.165, 1.54) is 13.2 Å². The predicted octanol–water partition coefficient (Wildman–Crippen LogP) is 3.02. The second-order valence-corrected chi connectivity index (χ2v) is 6.31.